The summed E-state index contributed by atoms with van der Waals surface area (Å²) in [6, 6.07) is 6.42. The Kier molecular flexibility index (Phi) is 4.07. The molecule has 1 aromatic rings. The Morgan fingerprint density at radius 2 is 1.72 bits per heavy atom. The lowest BCUT2D eigenvalue weighted by Gasteiger charge is -2.18. The lowest BCUT2D eigenvalue weighted by atomic mass is 9.85. The average molecular weight is 247 g/mol. The summed E-state index contributed by atoms with van der Waals surface area (Å²) in [6.45, 7) is 0. The van der Waals surface area contributed by atoms with Crippen LogP contribution in [-0.4, -0.2) is 10.7 Å². The van der Waals surface area contributed by atoms with Crippen LogP contribution in [0.3, 0.4) is 0 Å². The van der Waals surface area contributed by atoms with Crippen LogP contribution < -0.4 is 0 Å². The van der Waals surface area contributed by atoms with E-state index in [-0.39, 0.29) is 17.4 Å². The van der Waals surface area contributed by atoms with E-state index in [0.717, 1.165) is 31.2 Å². The number of rotatable bonds is 2. The van der Waals surface area contributed by atoms with Crippen molar-refractivity contribution in [1.82, 2.24) is 0 Å². The van der Waals surface area contributed by atoms with Crippen molar-refractivity contribution in [3.05, 3.63) is 39.9 Å². The fourth-order valence-electron chi connectivity index (χ4n) is 2.52. The summed E-state index contributed by atoms with van der Waals surface area (Å²) < 4.78 is 0. The van der Waals surface area contributed by atoms with Crippen LogP contribution in [0.1, 0.15) is 50.0 Å². The molecule has 96 valence electrons. The molecule has 4 heteroatoms. The van der Waals surface area contributed by atoms with Gasteiger partial charge in [0.2, 0.25) is 0 Å². The van der Waals surface area contributed by atoms with E-state index < -0.39 is 4.92 Å². The normalized spacial score (nSPS) is 21.1. The number of ketones is 1. The average Bonchev–Trinajstić information content (AvgIpc) is 2.35. The minimum atomic E-state index is -0.413. The zero-order valence-corrected chi connectivity index (χ0v) is 10.3. The Morgan fingerprint density at radius 3 is 2.39 bits per heavy atom. The smallest absolute Gasteiger partial charge is 0.269 e. The second-order valence-electron chi connectivity index (χ2n) is 4.82. The number of nitro groups is 1. The number of benzene rings is 1. The molecule has 0 saturated heterocycles. The highest BCUT2D eigenvalue weighted by molar-refractivity contribution is 5.85. The molecule has 0 unspecified atom stereocenters. The van der Waals surface area contributed by atoms with Gasteiger partial charge in [0.05, 0.1) is 4.92 Å². The van der Waals surface area contributed by atoms with E-state index in [9.17, 15) is 14.9 Å². The Balaban J connectivity index is 2.17. The minimum Gasteiger partial charge on any atom is -0.299 e. The molecule has 0 aliphatic heterocycles. The van der Waals surface area contributed by atoms with Crippen molar-refractivity contribution in [3.63, 3.8) is 0 Å². The first-order valence-corrected chi connectivity index (χ1v) is 6.45. The second kappa shape index (κ2) is 5.76. The predicted octanol–water partition coefficient (Wildman–Crippen LogP) is 3.60. The molecule has 1 fully saturated rings. The fourth-order valence-corrected chi connectivity index (χ4v) is 2.52. The summed E-state index contributed by atoms with van der Waals surface area (Å²) in [4.78, 5) is 22.2. The van der Waals surface area contributed by atoms with Gasteiger partial charge in [0.1, 0.15) is 5.78 Å². The number of nitro benzene ring substituents is 1. The minimum absolute atomic E-state index is 0.0638. The van der Waals surface area contributed by atoms with Gasteiger partial charge >= 0.3 is 0 Å². The summed E-state index contributed by atoms with van der Waals surface area (Å²) in [7, 11) is 0. The van der Waals surface area contributed by atoms with E-state index in [4.69, 9.17) is 0 Å². The summed E-state index contributed by atoms with van der Waals surface area (Å²) in [6.07, 6.45) is 5.86. The molecular formula is C14H17NO3. The van der Waals surface area contributed by atoms with E-state index in [0.29, 0.717) is 6.42 Å². The van der Waals surface area contributed by atoms with E-state index in [2.05, 4.69) is 0 Å². The molecule has 1 aliphatic rings. The maximum atomic E-state index is 12.1. The number of carbonyl (C=O) groups excluding carboxylic acids is 1. The molecule has 0 aromatic heterocycles. The lowest BCUT2D eigenvalue weighted by Crippen LogP contribution is -2.14. The predicted molar refractivity (Wildman–Crippen MR) is 68.5 cm³/mol. The van der Waals surface area contributed by atoms with Crippen LogP contribution in [0, 0.1) is 10.1 Å². The first-order chi connectivity index (χ1) is 8.68. The Morgan fingerprint density at radius 1 is 1.06 bits per heavy atom. The molecule has 1 saturated carbocycles. The van der Waals surface area contributed by atoms with Crippen LogP contribution in [0.15, 0.2) is 24.3 Å². The summed E-state index contributed by atoms with van der Waals surface area (Å²) in [5.41, 5.74) is 1.00. The third kappa shape index (κ3) is 2.94. The second-order valence-corrected chi connectivity index (χ2v) is 4.82. The lowest BCUT2D eigenvalue weighted by molar-refractivity contribution is -0.384. The van der Waals surface area contributed by atoms with Crippen molar-refractivity contribution in [2.45, 2.75) is 44.4 Å². The molecule has 4 nitrogen and oxygen atoms in total. The summed E-state index contributed by atoms with van der Waals surface area (Å²) in [5.74, 6) is 0.217. The van der Waals surface area contributed by atoms with Crippen molar-refractivity contribution in [1.29, 1.82) is 0 Å². The van der Waals surface area contributed by atoms with Crippen LogP contribution in [0.4, 0.5) is 5.69 Å². The Labute approximate surface area is 106 Å². The molecule has 1 atom stereocenters. The van der Waals surface area contributed by atoms with Crippen LogP contribution >= 0.6 is 0 Å². The highest BCUT2D eigenvalue weighted by Gasteiger charge is 2.21. The summed E-state index contributed by atoms with van der Waals surface area (Å²) in [5, 5.41) is 10.6. The molecular weight excluding hydrogens is 230 g/mol. The maximum Gasteiger partial charge on any atom is 0.269 e. The molecule has 0 amide bonds. The number of hydrogen-bond acceptors (Lipinski definition) is 3. The highest BCUT2D eigenvalue weighted by Crippen LogP contribution is 2.29. The first-order valence-electron chi connectivity index (χ1n) is 6.45. The monoisotopic (exact) mass is 247 g/mol. The van der Waals surface area contributed by atoms with Crippen LogP contribution in [0.25, 0.3) is 0 Å². The standard InChI is InChI=1S/C14H17NO3/c16-14-6-4-2-1-3-5-13(14)11-7-9-12(10-8-11)15(17)18/h7-10,13H,1-6H2/t13-/m1/s1. The number of Topliss-reactive ketones (excluding diaryl/α,β-unsaturated/α-hetero) is 1. The zero-order valence-electron chi connectivity index (χ0n) is 10.3. The molecule has 1 aliphatic carbocycles. The topological polar surface area (TPSA) is 60.2 Å². The largest absolute Gasteiger partial charge is 0.299 e. The number of hydrogen-bond donors (Lipinski definition) is 0. The van der Waals surface area contributed by atoms with E-state index in [1.165, 1.54) is 18.6 Å². The third-order valence-electron chi connectivity index (χ3n) is 3.56. The van der Waals surface area contributed by atoms with Gasteiger partial charge < -0.3 is 0 Å². The number of carbonyl (C=O) groups is 1. The SMILES string of the molecule is O=C1CCCCCC[C@@H]1c1ccc([N+](=O)[O-])cc1. The maximum absolute atomic E-state index is 12.1. The third-order valence-corrected chi connectivity index (χ3v) is 3.56. The van der Waals surface area contributed by atoms with Crippen molar-refractivity contribution >= 4 is 11.5 Å². The molecule has 18 heavy (non-hydrogen) atoms. The van der Waals surface area contributed by atoms with Crippen molar-refractivity contribution < 1.29 is 9.72 Å². The first kappa shape index (κ1) is 12.7. The van der Waals surface area contributed by atoms with Crippen LogP contribution in [-0.2, 0) is 4.79 Å². The number of nitrogens with zero attached hydrogens (tertiary/aromatic N) is 1. The van der Waals surface area contributed by atoms with E-state index in [1.54, 1.807) is 12.1 Å². The van der Waals surface area contributed by atoms with Crippen molar-refractivity contribution in [2.24, 2.45) is 0 Å². The molecule has 1 aromatic carbocycles. The molecule has 0 spiro atoms. The molecule has 2 rings (SSSR count). The van der Waals surface area contributed by atoms with Gasteiger partial charge in [-0.15, -0.1) is 0 Å². The fraction of sp³-hybridized carbons (Fsp3) is 0.500. The summed E-state index contributed by atoms with van der Waals surface area (Å²) >= 11 is 0. The molecule has 0 heterocycles. The highest BCUT2D eigenvalue weighted by atomic mass is 16.6. The zero-order chi connectivity index (χ0) is 13.0. The van der Waals surface area contributed by atoms with E-state index in [1.807, 2.05) is 0 Å². The van der Waals surface area contributed by atoms with Gasteiger partial charge in [0.15, 0.2) is 0 Å². The van der Waals surface area contributed by atoms with Crippen molar-refractivity contribution in [2.75, 3.05) is 0 Å². The Bertz CT molecular complexity index is 439. The van der Waals surface area contributed by atoms with Gasteiger partial charge in [-0.05, 0) is 18.4 Å². The van der Waals surface area contributed by atoms with Gasteiger partial charge in [-0.25, -0.2) is 0 Å². The molecule has 0 N–H and O–H groups in total. The molecule has 0 radical (unpaired) electrons. The van der Waals surface area contributed by atoms with Gasteiger partial charge in [0, 0.05) is 24.5 Å². The van der Waals surface area contributed by atoms with E-state index >= 15 is 0 Å². The molecule has 0 bridgehead atoms. The van der Waals surface area contributed by atoms with Crippen LogP contribution in [0.2, 0.25) is 0 Å². The Hall–Kier alpha value is -1.71. The quantitative estimate of drug-likeness (QED) is 0.592. The number of non-ortho nitro benzene ring substituents is 1. The van der Waals surface area contributed by atoms with Gasteiger partial charge in [-0.1, -0.05) is 31.4 Å². The van der Waals surface area contributed by atoms with Crippen molar-refractivity contribution in [3.8, 4) is 0 Å². The van der Waals surface area contributed by atoms with Gasteiger partial charge in [0.25, 0.3) is 5.69 Å². The van der Waals surface area contributed by atoms with Crippen LogP contribution in [0.5, 0.6) is 0 Å². The van der Waals surface area contributed by atoms with Gasteiger partial charge in [-0.2, -0.15) is 0 Å². The van der Waals surface area contributed by atoms with Gasteiger partial charge in [-0.3, -0.25) is 14.9 Å².